The van der Waals surface area contributed by atoms with Crippen LogP contribution in [-0.4, -0.2) is 20.5 Å². The summed E-state index contributed by atoms with van der Waals surface area (Å²) in [5.74, 6) is -0.230. The van der Waals surface area contributed by atoms with Crippen LogP contribution in [0.5, 0.6) is 5.75 Å². The summed E-state index contributed by atoms with van der Waals surface area (Å²) < 4.78 is 9.09. The molecule has 2 aromatic heterocycles. The Kier molecular flexibility index (Phi) is 5.40. The molecule has 8 heteroatoms. The van der Waals surface area contributed by atoms with Crippen molar-refractivity contribution in [1.29, 1.82) is 0 Å². The summed E-state index contributed by atoms with van der Waals surface area (Å²) in [7, 11) is 0. The van der Waals surface area contributed by atoms with Crippen molar-refractivity contribution in [3.05, 3.63) is 102 Å². The Balaban J connectivity index is 1.39. The quantitative estimate of drug-likeness (QED) is 0.327. The standard InChI is InChI=1S/C24H15IN2O4S/c25-17-11-15(7-10-20(17)31-13-14-5-8-16(9-6-14)23(29)30)12-21-22(28)27-19-4-2-1-3-18(19)26-24(27)32-21/h1-12H,13H2,(H,29,30)/b21-12-. The Morgan fingerprint density at radius 3 is 2.66 bits per heavy atom. The van der Waals surface area contributed by atoms with E-state index < -0.39 is 5.97 Å². The zero-order valence-electron chi connectivity index (χ0n) is 16.5. The second-order valence-electron chi connectivity index (χ2n) is 7.11. The van der Waals surface area contributed by atoms with Gasteiger partial charge in [0, 0.05) is 0 Å². The molecule has 0 unspecified atom stereocenters. The molecule has 0 radical (unpaired) electrons. The topological polar surface area (TPSA) is 80.9 Å². The van der Waals surface area contributed by atoms with E-state index in [0.717, 1.165) is 31.5 Å². The Morgan fingerprint density at radius 2 is 1.91 bits per heavy atom. The number of imidazole rings is 1. The van der Waals surface area contributed by atoms with E-state index in [1.165, 1.54) is 11.3 Å². The first-order chi connectivity index (χ1) is 15.5. The molecule has 0 fully saturated rings. The fourth-order valence-electron chi connectivity index (χ4n) is 3.39. The Bertz CT molecular complexity index is 1590. The fraction of sp³-hybridized carbons (Fsp3) is 0.0417. The van der Waals surface area contributed by atoms with E-state index in [4.69, 9.17) is 9.84 Å². The van der Waals surface area contributed by atoms with Gasteiger partial charge in [0.1, 0.15) is 12.4 Å². The van der Waals surface area contributed by atoms with E-state index in [2.05, 4.69) is 27.6 Å². The van der Waals surface area contributed by atoms with Gasteiger partial charge in [-0.05, 0) is 76.2 Å². The van der Waals surface area contributed by atoms with Crippen LogP contribution in [0.3, 0.4) is 0 Å². The van der Waals surface area contributed by atoms with E-state index in [1.54, 1.807) is 28.7 Å². The molecule has 1 N–H and O–H groups in total. The van der Waals surface area contributed by atoms with Crippen LogP contribution in [0.25, 0.3) is 22.1 Å². The van der Waals surface area contributed by atoms with Crippen molar-refractivity contribution in [2.45, 2.75) is 6.61 Å². The van der Waals surface area contributed by atoms with Crippen molar-refractivity contribution in [3.8, 4) is 5.75 Å². The van der Waals surface area contributed by atoms with Crippen molar-refractivity contribution < 1.29 is 14.6 Å². The summed E-state index contributed by atoms with van der Waals surface area (Å²) in [6, 6.07) is 20.0. The number of hydrogen-bond acceptors (Lipinski definition) is 5. The summed E-state index contributed by atoms with van der Waals surface area (Å²) >= 11 is 3.58. The van der Waals surface area contributed by atoms with Gasteiger partial charge < -0.3 is 9.84 Å². The number of fused-ring (bicyclic) bond motifs is 3. The number of benzene rings is 3. The predicted molar refractivity (Wildman–Crippen MR) is 133 cm³/mol. The molecule has 32 heavy (non-hydrogen) atoms. The lowest BCUT2D eigenvalue weighted by Crippen LogP contribution is -2.22. The monoisotopic (exact) mass is 554 g/mol. The Hall–Kier alpha value is -3.24. The maximum Gasteiger partial charge on any atom is 0.335 e. The minimum Gasteiger partial charge on any atom is -0.488 e. The molecule has 0 aliphatic heterocycles. The number of carboxylic acid groups (broad SMARTS) is 1. The van der Waals surface area contributed by atoms with Gasteiger partial charge in [-0.3, -0.25) is 4.79 Å². The molecule has 0 amide bonds. The van der Waals surface area contributed by atoms with Crippen LogP contribution in [0.1, 0.15) is 21.5 Å². The van der Waals surface area contributed by atoms with Crippen LogP contribution < -0.4 is 14.8 Å². The summed E-state index contributed by atoms with van der Waals surface area (Å²) in [5, 5.41) is 8.99. The number of carbonyl (C=O) groups is 1. The van der Waals surface area contributed by atoms with Crippen molar-refractivity contribution >= 4 is 62.0 Å². The average molecular weight is 554 g/mol. The van der Waals surface area contributed by atoms with E-state index in [9.17, 15) is 9.59 Å². The zero-order chi connectivity index (χ0) is 22.2. The first-order valence-corrected chi connectivity index (χ1v) is 11.6. The molecule has 5 aromatic rings. The molecule has 0 saturated heterocycles. The molecule has 0 saturated carbocycles. The van der Waals surface area contributed by atoms with Crippen LogP contribution in [-0.2, 0) is 6.61 Å². The third-order valence-corrected chi connectivity index (χ3v) is 6.81. The summed E-state index contributed by atoms with van der Waals surface area (Å²) in [5.41, 5.74) is 3.59. The molecule has 0 spiro atoms. The number of nitrogens with zero attached hydrogens (tertiary/aromatic N) is 2. The van der Waals surface area contributed by atoms with Crippen molar-refractivity contribution in [2.75, 3.05) is 0 Å². The number of hydrogen-bond donors (Lipinski definition) is 1. The molecule has 3 aromatic carbocycles. The molecule has 2 heterocycles. The van der Waals surface area contributed by atoms with Crippen molar-refractivity contribution in [1.82, 2.24) is 9.38 Å². The second-order valence-corrected chi connectivity index (χ2v) is 9.29. The maximum atomic E-state index is 12.9. The minimum absolute atomic E-state index is 0.0705. The van der Waals surface area contributed by atoms with Crippen LogP contribution >= 0.6 is 33.9 Å². The lowest BCUT2D eigenvalue weighted by Gasteiger charge is -2.09. The van der Waals surface area contributed by atoms with Gasteiger partial charge in [-0.1, -0.05) is 41.7 Å². The van der Waals surface area contributed by atoms with Gasteiger partial charge in [-0.15, -0.1) is 0 Å². The van der Waals surface area contributed by atoms with E-state index in [-0.39, 0.29) is 11.1 Å². The highest BCUT2D eigenvalue weighted by atomic mass is 127. The molecule has 0 aliphatic rings. The number of carboxylic acids is 1. The number of halogens is 1. The number of rotatable bonds is 5. The van der Waals surface area contributed by atoms with Crippen molar-refractivity contribution in [2.24, 2.45) is 0 Å². The molecule has 0 atom stereocenters. The Morgan fingerprint density at radius 1 is 1.12 bits per heavy atom. The first-order valence-electron chi connectivity index (χ1n) is 9.66. The SMILES string of the molecule is O=C(O)c1ccc(COc2ccc(/C=c3\sc4nc5ccccc5n4c3=O)cc2I)cc1. The Labute approximate surface area is 199 Å². The highest BCUT2D eigenvalue weighted by molar-refractivity contribution is 14.1. The van der Waals surface area contributed by atoms with Gasteiger partial charge in [0.15, 0.2) is 4.96 Å². The molecule has 0 aliphatic carbocycles. The van der Waals surface area contributed by atoms with E-state index >= 15 is 0 Å². The maximum absolute atomic E-state index is 12.9. The molecule has 5 rings (SSSR count). The number of aromatic nitrogens is 2. The van der Waals surface area contributed by atoms with Gasteiger partial charge in [-0.25, -0.2) is 14.2 Å². The van der Waals surface area contributed by atoms with Gasteiger partial charge in [0.25, 0.3) is 5.56 Å². The molecular weight excluding hydrogens is 539 g/mol. The highest BCUT2D eigenvalue weighted by Crippen LogP contribution is 2.24. The fourth-order valence-corrected chi connectivity index (χ4v) is 5.07. The molecule has 0 bridgehead atoms. The van der Waals surface area contributed by atoms with E-state index in [1.807, 2.05) is 48.5 Å². The number of aromatic carboxylic acids is 1. The van der Waals surface area contributed by atoms with Crippen molar-refractivity contribution in [3.63, 3.8) is 0 Å². The average Bonchev–Trinajstić information content (AvgIpc) is 3.29. The zero-order valence-corrected chi connectivity index (χ0v) is 19.5. The number of ether oxygens (including phenoxy) is 1. The van der Waals surface area contributed by atoms with Crippen LogP contribution in [0.4, 0.5) is 0 Å². The van der Waals surface area contributed by atoms with Gasteiger partial charge >= 0.3 is 5.97 Å². The predicted octanol–water partition coefficient (Wildman–Crippen LogP) is 4.34. The summed E-state index contributed by atoms with van der Waals surface area (Å²) in [4.78, 5) is 29.1. The van der Waals surface area contributed by atoms with Crippen LogP contribution in [0.2, 0.25) is 0 Å². The summed E-state index contributed by atoms with van der Waals surface area (Å²) in [6.07, 6.45) is 1.87. The lowest BCUT2D eigenvalue weighted by molar-refractivity contribution is 0.0697. The van der Waals surface area contributed by atoms with Crippen LogP contribution in [0, 0.1) is 3.57 Å². The third-order valence-electron chi connectivity index (χ3n) is 4.99. The van der Waals surface area contributed by atoms with E-state index in [0.29, 0.717) is 16.1 Å². The third kappa shape index (κ3) is 3.87. The first kappa shape index (κ1) is 20.7. The molecular formula is C24H15IN2O4S. The molecule has 6 nitrogen and oxygen atoms in total. The molecule has 158 valence electrons. The largest absolute Gasteiger partial charge is 0.488 e. The highest BCUT2D eigenvalue weighted by Gasteiger charge is 2.11. The summed E-state index contributed by atoms with van der Waals surface area (Å²) in [6.45, 7) is 0.332. The normalized spacial score (nSPS) is 12.0. The van der Waals surface area contributed by atoms with Gasteiger partial charge in [0.05, 0.1) is 24.7 Å². The lowest BCUT2D eigenvalue weighted by atomic mass is 10.1. The number of para-hydroxylation sites is 2. The van der Waals surface area contributed by atoms with Gasteiger partial charge in [0.2, 0.25) is 0 Å². The smallest absolute Gasteiger partial charge is 0.335 e. The minimum atomic E-state index is -0.952. The van der Waals surface area contributed by atoms with Gasteiger partial charge in [-0.2, -0.15) is 0 Å². The second kappa shape index (κ2) is 8.36. The number of thiazole rings is 1. The van der Waals surface area contributed by atoms with Crippen LogP contribution in [0.15, 0.2) is 71.5 Å².